The predicted molar refractivity (Wildman–Crippen MR) is 71.9 cm³/mol. The van der Waals surface area contributed by atoms with Gasteiger partial charge in [0.05, 0.1) is 18.1 Å². The van der Waals surface area contributed by atoms with E-state index >= 15 is 0 Å². The lowest BCUT2D eigenvalue weighted by Crippen LogP contribution is -2.18. The number of amides is 1. The number of aryl methyl sites for hydroxylation is 1. The van der Waals surface area contributed by atoms with Crippen LogP contribution in [0.2, 0.25) is 0 Å². The van der Waals surface area contributed by atoms with Gasteiger partial charge in [-0.25, -0.2) is 10.3 Å². The van der Waals surface area contributed by atoms with E-state index in [1.165, 1.54) is 6.07 Å². The van der Waals surface area contributed by atoms with E-state index < -0.39 is 11.5 Å². The summed E-state index contributed by atoms with van der Waals surface area (Å²) >= 11 is 0. The summed E-state index contributed by atoms with van der Waals surface area (Å²) in [5, 5.41) is 9.08. The molecule has 2 rings (SSSR count). The molecule has 106 valence electrons. The highest BCUT2D eigenvalue weighted by Crippen LogP contribution is 2.24. The summed E-state index contributed by atoms with van der Waals surface area (Å²) in [6.07, 6.45) is 0.578. The Hall–Kier alpha value is -2.34. The molecule has 0 aliphatic heterocycles. The zero-order valence-electron chi connectivity index (χ0n) is 11.0. The van der Waals surface area contributed by atoms with Crippen molar-refractivity contribution in [3.05, 3.63) is 40.2 Å². The minimum Gasteiger partial charge on any atom is -0.493 e. The van der Waals surface area contributed by atoms with Crippen molar-refractivity contribution in [2.24, 2.45) is 0 Å². The first-order valence-electron chi connectivity index (χ1n) is 6.20. The summed E-state index contributed by atoms with van der Waals surface area (Å²) in [4.78, 5) is 22.3. The number of carbonyl (C=O) groups excluding carboxylic acids is 1. The van der Waals surface area contributed by atoms with Gasteiger partial charge in [-0.1, -0.05) is 11.6 Å². The summed E-state index contributed by atoms with van der Waals surface area (Å²) in [6.45, 7) is 2.19. The average Bonchev–Trinajstić information content (AvgIpc) is 2.43. The van der Waals surface area contributed by atoms with Gasteiger partial charge in [-0.05, 0) is 25.5 Å². The van der Waals surface area contributed by atoms with Crippen LogP contribution in [-0.2, 0) is 4.79 Å². The van der Waals surface area contributed by atoms with Gasteiger partial charge in [0.25, 0.3) is 0 Å². The number of hydrogen-bond acceptors (Lipinski definition) is 5. The molecule has 0 saturated heterocycles. The van der Waals surface area contributed by atoms with Crippen LogP contribution in [0.15, 0.2) is 33.5 Å². The van der Waals surface area contributed by atoms with Crippen LogP contribution in [0.5, 0.6) is 5.75 Å². The lowest BCUT2D eigenvalue weighted by molar-refractivity contribution is -0.129. The maximum atomic E-state index is 11.4. The number of rotatable bonds is 5. The van der Waals surface area contributed by atoms with E-state index in [2.05, 4.69) is 0 Å². The second-order valence-electron chi connectivity index (χ2n) is 4.42. The quantitative estimate of drug-likeness (QED) is 0.376. The second-order valence-corrected chi connectivity index (χ2v) is 4.42. The Kier molecular flexibility index (Phi) is 4.37. The van der Waals surface area contributed by atoms with Gasteiger partial charge in [0.2, 0.25) is 5.91 Å². The van der Waals surface area contributed by atoms with Gasteiger partial charge in [-0.2, -0.15) is 0 Å². The van der Waals surface area contributed by atoms with E-state index in [-0.39, 0.29) is 13.0 Å². The molecule has 2 N–H and O–H groups in total. The first kappa shape index (κ1) is 14.1. The first-order valence-corrected chi connectivity index (χ1v) is 6.20. The van der Waals surface area contributed by atoms with Gasteiger partial charge in [0.1, 0.15) is 11.3 Å². The summed E-state index contributed by atoms with van der Waals surface area (Å²) < 4.78 is 10.6. The van der Waals surface area contributed by atoms with Crippen molar-refractivity contribution < 1.29 is 19.2 Å². The Morgan fingerprint density at radius 2 is 2.20 bits per heavy atom. The van der Waals surface area contributed by atoms with Gasteiger partial charge in [0.15, 0.2) is 0 Å². The number of nitrogens with one attached hydrogen (secondary N) is 1. The van der Waals surface area contributed by atoms with Crippen LogP contribution in [0.3, 0.4) is 0 Å². The number of carbonyl (C=O) groups is 1. The van der Waals surface area contributed by atoms with Gasteiger partial charge < -0.3 is 9.15 Å². The van der Waals surface area contributed by atoms with Gasteiger partial charge in [-0.3, -0.25) is 10.0 Å². The maximum absolute atomic E-state index is 11.4. The van der Waals surface area contributed by atoms with E-state index in [0.717, 1.165) is 10.9 Å². The molecule has 1 heterocycles. The standard InChI is InChI=1S/C14H15NO5/c1-9-4-5-11-10(7-9)12(8-14(17)20-11)19-6-2-3-13(16)15-18/h4-5,7-8,18H,2-3,6H2,1H3,(H,15,16). The van der Waals surface area contributed by atoms with Crippen LogP contribution >= 0.6 is 0 Å². The Morgan fingerprint density at radius 3 is 2.95 bits per heavy atom. The van der Waals surface area contributed by atoms with Gasteiger partial charge >= 0.3 is 5.63 Å². The molecular formula is C14H15NO5. The molecule has 0 aliphatic rings. The fourth-order valence-corrected chi connectivity index (χ4v) is 1.84. The fourth-order valence-electron chi connectivity index (χ4n) is 1.84. The van der Waals surface area contributed by atoms with Crippen molar-refractivity contribution in [1.82, 2.24) is 5.48 Å². The third-order valence-corrected chi connectivity index (χ3v) is 2.79. The zero-order valence-corrected chi connectivity index (χ0v) is 11.0. The lowest BCUT2D eigenvalue weighted by Gasteiger charge is -2.08. The molecule has 1 amide bonds. The van der Waals surface area contributed by atoms with Crippen LogP contribution in [-0.4, -0.2) is 17.7 Å². The summed E-state index contributed by atoms with van der Waals surface area (Å²) in [7, 11) is 0. The Labute approximate surface area is 114 Å². The predicted octanol–water partition coefficient (Wildman–Crippen LogP) is 1.77. The number of hydrogen-bond donors (Lipinski definition) is 2. The number of fused-ring (bicyclic) bond motifs is 1. The van der Waals surface area contributed by atoms with Crippen LogP contribution in [0, 0.1) is 6.92 Å². The van der Waals surface area contributed by atoms with E-state index in [1.54, 1.807) is 11.5 Å². The molecule has 1 aromatic carbocycles. The van der Waals surface area contributed by atoms with E-state index in [4.69, 9.17) is 14.4 Å². The molecule has 0 spiro atoms. The molecule has 0 aliphatic carbocycles. The maximum Gasteiger partial charge on any atom is 0.339 e. The topological polar surface area (TPSA) is 88.8 Å². The highest BCUT2D eigenvalue weighted by Gasteiger charge is 2.07. The van der Waals surface area contributed by atoms with Crippen molar-refractivity contribution in [2.45, 2.75) is 19.8 Å². The minimum absolute atomic E-state index is 0.148. The molecule has 0 radical (unpaired) electrons. The highest BCUT2D eigenvalue weighted by atomic mass is 16.5. The molecule has 6 nitrogen and oxygen atoms in total. The largest absolute Gasteiger partial charge is 0.493 e. The monoisotopic (exact) mass is 277 g/mol. The summed E-state index contributed by atoms with van der Waals surface area (Å²) in [5.41, 5.74) is 2.56. The smallest absolute Gasteiger partial charge is 0.339 e. The minimum atomic E-state index is -0.482. The van der Waals surface area contributed by atoms with Gasteiger partial charge in [-0.15, -0.1) is 0 Å². The van der Waals surface area contributed by atoms with Crippen molar-refractivity contribution in [3.63, 3.8) is 0 Å². The normalized spacial score (nSPS) is 10.5. The molecule has 0 unspecified atom stereocenters. The summed E-state index contributed by atoms with van der Waals surface area (Å²) in [5.74, 6) is -0.0359. The van der Waals surface area contributed by atoms with E-state index in [1.807, 2.05) is 19.1 Å². The zero-order chi connectivity index (χ0) is 14.5. The fraction of sp³-hybridized carbons (Fsp3) is 0.286. The molecule has 20 heavy (non-hydrogen) atoms. The molecule has 0 fully saturated rings. The van der Waals surface area contributed by atoms with E-state index in [0.29, 0.717) is 17.8 Å². The van der Waals surface area contributed by atoms with Crippen molar-refractivity contribution in [3.8, 4) is 5.75 Å². The van der Waals surface area contributed by atoms with Crippen molar-refractivity contribution in [1.29, 1.82) is 0 Å². The Balaban J connectivity index is 2.14. The van der Waals surface area contributed by atoms with Gasteiger partial charge in [0, 0.05) is 6.42 Å². The molecule has 6 heteroatoms. The number of hydroxylamine groups is 1. The van der Waals surface area contributed by atoms with Crippen LogP contribution in [0.1, 0.15) is 18.4 Å². The Morgan fingerprint density at radius 1 is 1.40 bits per heavy atom. The third kappa shape index (κ3) is 3.36. The lowest BCUT2D eigenvalue weighted by atomic mass is 10.1. The van der Waals surface area contributed by atoms with E-state index in [9.17, 15) is 9.59 Å². The van der Waals surface area contributed by atoms with Crippen molar-refractivity contribution in [2.75, 3.05) is 6.61 Å². The van der Waals surface area contributed by atoms with Crippen LogP contribution in [0.4, 0.5) is 0 Å². The third-order valence-electron chi connectivity index (χ3n) is 2.79. The molecule has 2 aromatic rings. The molecule has 0 atom stereocenters. The first-order chi connectivity index (χ1) is 9.60. The second kappa shape index (κ2) is 6.21. The molecule has 0 saturated carbocycles. The van der Waals surface area contributed by atoms with Crippen molar-refractivity contribution >= 4 is 16.9 Å². The van der Waals surface area contributed by atoms with Crippen LogP contribution in [0.25, 0.3) is 11.0 Å². The number of benzene rings is 1. The summed E-state index contributed by atoms with van der Waals surface area (Å²) in [6, 6.07) is 6.72. The highest BCUT2D eigenvalue weighted by molar-refractivity contribution is 5.83. The average molecular weight is 277 g/mol. The Bertz CT molecular complexity index is 677. The number of ether oxygens (including phenoxy) is 1. The van der Waals surface area contributed by atoms with Crippen LogP contribution < -0.4 is 15.8 Å². The molecular weight excluding hydrogens is 262 g/mol. The molecule has 0 bridgehead atoms. The SMILES string of the molecule is Cc1ccc2oc(=O)cc(OCCCC(=O)NO)c2c1. The molecule has 1 aromatic heterocycles.